The van der Waals surface area contributed by atoms with Crippen LogP contribution in [0.5, 0.6) is 0 Å². The number of hydrogen-bond acceptors (Lipinski definition) is 4. The molecule has 74 valence electrons. The highest BCUT2D eigenvalue weighted by atomic mass is 32.1. The molecule has 0 saturated heterocycles. The average molecular weight is 208 g/mol. The zero-order chi connectivity index (χ0) is 9.97. The van der Waals surface area contributed by atoms with E-state index in [1.807, 2.05) is 30.8 Å². The van der Waals surface area contributed by atoms with Crippen LogP contribution in [0.25, 0.3) is 11.3 Å². The van der Waals surface area contributed by atoms with E-state index < -0.39 is 0 Å². The molecule has 14 heavy (non-hydrogen) atoms. The minimum Gasteiger partial charge on any atom is -0.439 e. The summed E-state index contributed by atoms with van der Waals surface area (Å²) < 4.78 is 5.61. The molecule has 1 unspecified atom stereocenters. The summed E-state index contributed by atoms with van der Waals surface area (Å²) in [5, 5.41) is 7.16. The molecule has 0 spiro atoms. The molecular weight excluding hydrogens is 196 g/mol. The monoisotopic (exact) mass is 208 g/mol. The van der Waals surface area contributed by atoms with Crippen LogP contribution < -0.4 is 5.32 Å². The normalized spacial score (nSPS) is 13.0. The Morgan fingerprint density at radius 1 is 1.57 bits per heavy atom. The molecule has 4 heteroatoms. The van der Waals surface area contributed by atoms with E-state index in [0.29, 0.717) is 0 Å². The van der Waals surface area contributed by atoms with Crippen LogP contribution in [0.3, 0.4) is 0 Å². The van der Waals surface area contributed by atoms with Gasteiger partial charge < -0.3 is 9.73 Å². The SMILES string of the molecule is CNC(C)c1ncc(-c2ccsc2)o1. The van der Waals surface area contributed by atoms with Crippen LogP contribution in [0, 0.1) is 0 Å². The number of nitrogens with zero attached hydrogens (tertiary/aromatic N) is 1. The summed E-state index contributed by atoms with van der Waals surface area (Å²) >= 11 is 1.65. The quantitative estimate of drug-likeness (QED) is 0.842. The third-order valence-corrected chi connectivity index (χ3v) is 2.82. The van der Waals surface area contributed by atoms with Gasteiger partial charge in [0.15, 0.2) is 5.76 Å². The fraction of sp³-hybridized carbons (Fsp3) is 0.300. The predicted molar refractivity (Wildman–Crippen MR) is 57.3 cm³/mol. The van der Waals surface area contributed by atoms with E-state index in [4.69, 9.17) is 4.42 Å². The first-order chi connectivity index (χ1) is 6.81. The maximum Gasteiger partial charge on any atom is 0.211 e. The Balaban J connectivity index is 2.26. The number of aromatic nitrogens is 1. The van der Waals surface area contributed by atoms with Crippen LogP contribution >= 0.6 is 11.3 Å². The van der Waals surface area contributed by atoms with Crippen molar-refractivity contribution in [3.8, 4) is 11.3 Å². The lowest BCUT2D eigenvalue weighted by molar-refractivity contribution is 0.441. The van der Waals surface area contributed by atoms with Gasteiger partial charge in [0, 0.05) is 10.9 Å². The lowest BCUT2D eigenvalue weighted by atomic mass is 10.3. The van der Waals surface area contributed by atoms with Gasteiger partial charge in [-0.15, -0.1) is 0 Å². The smallest absolute Gasteiger partial charge is 0.211 e. The van der Waals surface area contributed by atoms with Crippen LogP contribution in [0.2, 0.25) is 0 Å². The first-order valence-electron chi connectivity index (χ1n) is 4.47. The number of oxazole rings is 1. The number of rotatable bonds is 3. The van der Waals surface area contributed by atoms with Crippen molar-refractivity contribution >= 4 is 11.3 Å². The van der Waals surface area contributed by atoms with E-state index in [2.05, 4.69) is 10.3 Å². The molecule has 0 aliphatic rings. The molecule has 3 nitrogen and oxygen atoms in total. The maximum atomic E-state index is 5.61. The second-order valence-corrected chi connectivity index (χ2v) is 3.87. The van der Waals surface area contributed by atoms with Gasteiger partial charge in [-0.3, -0.25) is 0 Å². The summed E-state index contributed by atoms with van der Waals surface area (Å²) in [6, 6.07) is 2.18. The highest BCUT2D eigenvalue weighted by Gasteiger charge is 2.11. The molecule has 1 atom stereocenters. The lowest BCUT2D eigenvalue weighted by Gasteiger charge is -2.03. The summed E-state index contributed by atoms with van der Waals surface area (Å²) in [4.78, 5) is 4.22. The molecule has 0 radical (unpaired) electrons. The Bertz CT molecular complexity index is 394. The molecule has 2 rings (SSSR count). The highest BCUT2D eigenvalue weighted by molar-refractivity contribution is 7.08. The van der Waals surface area contributed by atoms with Crippen molar-refractivity contribution in [2.75, 3.05) is 7.05 Å². The molecule has 0 saturated carbocycles. The van der Waals surface area contributed by atoms with Crippen LogP contribution in [0.15, 0.2) is 27.4 Å². The van der Waals surface area contributed by atoms with Gasteiger partial charge in [0.05, 0.1) is 12.2 Å². The first-order valence-corrected chi connectivity index (χ1v) is 5.41. The molecule has 0 aliphatic heterocycles. The minimum atomic E-state index is 0.155. The second-order valence-electron chi connectivity index (χ2n) is 3.09. The van der Waals surface area contributed by atoms with E-state index >= 15 is 0 Å². The second kappa shape index (κ2) is 3.94. The highest BCUT2D eigenvalue weighted by Crippen LogP contribution is 2.24. The van der Waals surface area contributed by atoms with Crippen LogP contribution in [-0.4, -0.2) is 12.0 Å². The summed E-state index contributed by atoms with van der Waals surface area (Å²) in [6.45, 7) is 2.02. The molecule has 0 amide bonds. The van der Waals surface area contributed by atoms with Gasteiger partial charge in [-0.05, 0) is 25.4 Å². The topological polar surface area (TPSA) is 38.1 Å². The van der Waals surface area contributed by atoms with Crippen LogP contribution in [0.1, 0.15) is 18.9 Å². The zero-order valence-electron chi connectivity index (χ0n) is 8.15. The van der Waals surface area contributed by atoms with Gasteiger partial charge >= 0.3 is 0 Å². The molecule has 1 N–H and O–H groups in total. The number of nitrogens with one attached hydrogen (secondary N) is 1. The Hall–Kier alpha value is -1.13. The number of thiophene rings is 1. The molecule has 2 aromatic heterocycles. The molecule has 0 bridgehead atoms. The minimum absolute atomic E-state index is 0.155. The van der Waals surface area contributed by atoms with Crippen molar-refractivity contribution in [3.05, 3.63) is 28.9 Å². The van der Waals surface area contributed by atoms with Crippen LogP contribution in [-0.2, 0) is 0 Å². The molecule has 0 aliphatic carbocycles. The van der Waals surface area contributed by atoms with Crippen molar-refractivity contribution < 1.29 is 4.42 Å². The van der Waals surface area contributed by atoms with Crippen molar-refractivity contribution in [1.82, 2.24) is 10.3 Å². The first kappa shape index (κ1) is 9.43. The van der Waals surface area contributed by atoms with E-state index in [1.165, 1.54) is 0 Å². The molecule has 2 heterocycles. The van der Waals surface area contributed by atoms with Crippen LogP contribution in [0.4, 0.5) is 0 Å². The summed E-state index contributed by atoms with van der Waals surface area (Å²) in [5.74, 6) is 1.57. The average Bonchev–Trinajstić information content (AvgIpc) is 2.86. The fourth-order valence-corrected chi connectivity index (χ4v) is 1.79. The van der Waals surface area contributed by atoms with Gasteiger partial charge in [0.1, 0.15) is 0 Å². The van der Waals surface area contributed by atoms with Gasteiger partial charge in [-0.1, -0.05) is 0 Å². The summed E-state index contributed by atoms with van der Waals surface area (Å²) in [6.07, 6.45) is 1.77. The Morgan fingerprint density at radius 3 is 3.07 bits per heavy atom. The maximum absolute atomic E-state index is 5.61. The van der Waals surface area contributed by atoms with Gasteiger partial charge in [0.2, 0.25) is 5.89 Å². The third-order valence-electron chi connectivity index (χ3n) is 2.13. The van der Waals surface area contributed by atoms with E-state index in [9.17, 15) is 0 Å². The van der Waals surface area contributed by atoms with Crippen molar-refractivity contribution in [3.63, 3.8) is 0 Å². The summed E-state index contributed by atoms with van der Waals surface area (Å²) in [5.41, 5.74) is 1.09. The van der Waals surface area contributed by atoms with Crippen molar-refractivity contribution in [1.29, 1.82) is 0 Å². The fourth-order valence-electron chi connectivity index (χ4n) is 1.15. The van der Waals surface area contributed by atoms with E-state index in [0.717, 1.165) is 17.2 Å². The Morgan fingerprint density at radius 2 is 2.43 bits per heavy atom. The molecular formula is C10H12N2OS. The van der Waals surface area contributed by atoms with Gasteiger partial charge in [-0.2, -0.15) is 11.3 Å². The van der Waals surface area contributed by atoms with Crippen molar-refractivity contribution in [2.24, 2.45) is 0 Å². The van der Waals surface area contributed by atoms with Crippen molar-refractivity contribution in [2.45, 2.75) is 13.0 Å². The Kier molecular flexibility index (Phi) is 2.65. The largest absolute Gasteiger partial charge is 0.439 e. The van der Waals surface area contributed by atoms with E-state index in [1.54, 1.807) is 17.5 Å². The lowest BCUT2D eigenvalue weighted by Crippen LogP contribution is -2.12. The molecule has 0 fully saturated rings. The van der Waals surface area contributed by atoms with E-state index in [-0.39, 0.29) is 6.04 Å². The molecule has 2 aromatic rings. The molecule has 0 aromatic carbocycles. The standard InChI is InChI=1S/C10H12N2OS/c1-7(11-2)10-12-5-9(13-10)8-3-4-14-6-8/h3-7,11H,1-2H3. The third kappa shape index (κ3) is 1.71. The predicted octanol–water partition coefficient (Wildman–Crippen LogP) is 2.68. The van der Waals surface area contributed by atoms with Gasteiger partial charge in [0.25, 0.3) is 0 Å². The summed E-state index contributed by atoms with van der Waals surface area (Å²) in [7, 11) is 1.89. The Labute approximate surface area is 86.8 Å². The number of hydrogen-bond donors (Lipinski definition) is 1. The zero-order valence-corrected chi connectivity index (χ0v) is 8.97. The van der Waals surface area contributed by atoms with Gasteiger partial charge in [-0.25, -0.2) is 4.98 Å².